The number of carbonyl (C=O) groups excluding carboxylic acids is 4. The van der Waals surface area contributed by atoms with Gasteiger partial charge in [-0.05, 0) is 27.7 Å². The average Bonchev–Trinajstić information content (AvgIpc) is 2.85. The lowest BCUT2D eigenvalue weighted by molar-refractivity contribution is -0.150. The summed E-state index contributed by atoms with van der Waals surface area (Å²) < 4.78 is 43.5. The van der Waals surface area contributed by atoms with Gasteiger partial charge in [0.25, 0.3) is 0 Å². The molecule has 0 aliphatic heterocycles. The second-order valence-corrected chi connectivity index (χ2v) is 11.5. The molecule has 0 aromatic heterocycles. The van der Waals surface area contributed by atoms with Crippen molar-refractivity contribution in [3.05, 3.63) is 48.6 Å². The van der Waals surface area contributed by atoms with E-state index < -0.39 is 55.7 Å². The lowest BCUT2D eigenvalue weighted by Crippen LogP contribution is -2.37. The Kier molecular flexibility index (Phi) is 14.3. The first-order chi connectivity index (χ1) is 17.7. The van der Waals surface area contributed by atoms with Crippen molar-refractivity contribution >= 4 is 31.7 Å². The molecule has 220 valence electrons. The van der Waals surface area contributed by atoms with Gasteiger partial charge in [-0.2, -0.15) is 0 Å². The summed E-state index contributed by atoms with van der Waals surface area (Å²) >= 11 is 0. The molecule has 0 bridgehead atoms. The third-order valence-electron chi connectivity index (χ3n) is 4.75. The van der Waals surface area contributed by atoms with Crippen molar-refractivity contribution in [2.45, 2.75) is 41.5 Å². The van der Waals surface area contributed by atoms with Gasteiger partial charge in [-0.25, -0.2) is 23.7 Å². The molecule has 0 aromatic carbocycles. The lowest BCUT2D eigenvalue weighted by atomic mass is 9.94. The first kappa shape index (κ1) is 35.9. The van der Waals surface area contributed by atoms with Gasteiger partial charge in [0, 0.05) is 22.3 Å². The van der Waals surface area contributed by atoms with Gasteiger partial charge in [0.15, 0.2) is 0 Å². The molecule has 0 rings (SSSR count). The van der Waals surface area contributed by atoms with Gasteiger partial charge in [0.2, 0.25) is 0 Å². The van der Waals surface area contributed by atoms with Crippen molar-refractivity contribution in [3.63, 3.8) is 0 Å². The fourth-order valence-corrected chi connectivity index (χ4v) is 3.24. The monoisotopic (exact) mass is 574 g/mol. The molecule has 0 fully saturated rings. The van der Waals surface area contributed by atoms with Crippen LogP contribution in [-0.2, 0) is 51.7 Å². The van der Waals surface area contributed by atoms with Crippen LogP contribution in [0, 0.1) is 10.8 Å². The molecule has 0 saturated carbocycles. The number of carbonyl (C=O) groups is 4. The topological polar surface area (TPSA) is 161 Å². The minimum absolute atomic E-state index is 0.118. The van der Waals surface area contributed by atoms with Gasteiger partial charge < -0.3 is 23.8 Å². The lowest BCUT2D eigenvalue weighted by Gasteiger charge is -2.31. The molecule has 0 aliphatic carbocycles. The van der Waals surface area contributed by atoms with E-state index in [0.717, 1.165) is 0 Å². The minimum Gasteiger partial charge on any atom is -0.462 e. The van der Waals surface area contributed by atoms with Crippen LogP contribution in [0.3, 0.4) is 0 Å². The summed E-state index contributed by atoms with van der Waals surface area (Å²) in [4.78, 5) is 57.8. The SMILES string of the molecule is C=C(C)C(=O)OCC(C)(COC(=O)C(=C)C)COP(=O)(O)OCC(C)(COC(=O)C(=C)C)COC(=O)C(=C)C. The van der Waals surface area contributed by atoms with Crippen LogP contribution >= 0.6 is 7.82 Å². The number of rotatable bonds is 18. The van der Waals surface area contributed by atoms with E-state index in [1.165, 1.54) is 41.5 Å². The highest BCUT2D eigenvalue weighted by molar-refractivity contribution is 7.47. The van der Waals surface area contributed by atoms with Gasteiger partial charge in [-0.3, -0.25) is 9.05 Å². The summed E-state index contributed by atoms with van der Waals surface area (Å²) in [5.41, 5.74) is -2.07. The summed E-state index contributed by atoms with van der Waals surface area (Å²) in [7, 11) is -4.78. The van der Waals surface area contributed by atoms with E-state index in [4.69, 9.17) is 28.0 Å². The van der Waals surface area contributed by atoms with Crippen molar-refractivity contribution in [2.75, 3.05) is 39.6 Å². The van der Waals surface area contributed by atoms with Crippen LogP contribution in [0.1, 0.15) is 41.5 Å². The highest BCUT2D eigenvalue weighted by Crippen LogP contribution is 2.46. The zero-order valence-corrected chi connectivity index (χ0v) is 24.4. The van der Waals surface area contributed by atoms with E-state index in [9.17, 15) is 28.6 Å². The van der Waals surface area contributed by atoms with Gasteiger partial charge in [0.1, 0.15) is 26.4 Å². The van der Waals surface area contributed by atoms with Crippen molar-refractivity contribution in [1.82, 2.24) is 0 Å². The van der Waals surface area contributed by atoms with Crippen LogP contribution in [-0.4, -0.2) is 68.4 Å². The number of phosphoric acid groups is 1. The van der Waals surface area contributed by atoms with Crippen LogP contribution in [0.5, 0.6) is 0 Å². The molecule has 0 heterocycles. The normalized spacial score (nSPS) is 11.7. The van der Waals surface area contributed by atoms with Crippen molar-refractivity contribution < 1.29 is 56.6 Å². The van der Waals surface area contributed by atoms with E-state index in [2.05, 4.69) is 26.3 Å². The standard InChI is InChI=1S/C26H39O12P/c1-17(2)21(27)33-11-25(9,12-34-22(28)18(3)4)15-37-39(31,32)38-16-26(10,13-35-23(29)19(5)6)14-36-24(30)20(7)8/h1,3,5,7,11-16H2,2,4,6,8-10H3,(H,31,32). The van der Waals surface area contributed by atoms with Crippen LogP contribution in [0.25, 0.3) is 0 Å². The van der Waals surface area contributed by atoms with E-state index in [1.807, 2.05) is 0 Å². The number of hydrogen-bond donors (Lipinski definition) is 1. The molecule has 13 heteroatoms. The zero-order valence-electron chi connectivity index (χ0n) is 23.5. The first-order valence-electron chi connectivity index (χ1n) is 11.6. The third-order valence-corrected chi connectivity index (χ3v) is 5.66. The predicted octanol–water partition coefficient (Wildman–Crippen LogP) is 3.61. The second kappa shape index (κ2) is 15.5. The second-order valence-electron chi connectivity index (χ2n) is 10.1. The molecule has 0 saturated heterocycles. The predicted molar refractivity (Wildman–Crippen MR) is 141 cm³/mol. The highest BCUT2D eigenvalue weighted by Gasteiger charge is 2.37. The van der Waals surface area contributed by atoms with Crippen LogP contribution in [0.15, 0.2) is 48.6 Å². The van der Waals surface area contributed by atoms with Gasteiger partial charge in [0.05, 0.1) is 24.0 Å². The Morgan fingerprint density at radius 3 is 0.949 bits per heavy atom. The number of ether oxygens (including phenoxy) is 4. The molecule has 0 aliphatic rings. The summed E-state index contributed by atoms with van der Waals surface area (Å²) in [5.74, 6) is -2.89. The maximum atomic E-state index is 12.7. The molecule has 0 amide bonds. The molecule has 1 N–H and O–H groups in total. The molecule has 12 nitrogen and oxygen atoms in total. The Morgan fingerprint density at radius 2 is 0.769 bits per heavy atom. The Morgan fingerprint density at radius 1 is 0.564 bits per heavy atom. The maximum absolute atomic E-state index is 12.7. The number of phosphoric ester groups is 1. The highest BCUT2D eigenvalue weighted by atomic mass is 31.2. The fourth-order valence-electron chi connectivity index (χ4n) is 2.21. The molecule has 39 heavy (non-hydrogen) atoms. The Hall–Kier alpha value is -3.05. The van der Waals surface area contributed by atoms with E-state index in [1.54, 1.807) is 0 Å². The first-order valence-corrected chi connectivity index (χ1v) is 13.1. The van der Waals surface area contributed by atoms with Gasteiger partial charge >= 0.3 is 31.7 Å². The summed E-state index contributed by atoms with van der Waals surface area (Å²) in [5, 5.41) is 0. The summed E-state index contributed by atoms with van der Waals surface area (Å²) in [6.45, 7) is 20.1. The average molecular weight is 575 g/mol. The van der Waals surface area contributed by atoms with Gasteiger partial charge in [-0.15, -0.1) is 0 Å². The van der Waals surface area contributed by atoms with Crippen LogP contribution < -0.4 is 0 Å². The zero-order chi connectivity index (χ0) is 30.6. The van der Waals surface area contributed by atoms with Crippen LogP contribution in [0.2, 0.25) is 0 Å². The van der Waals surface area contributed by atoms with Crippen molar-refractivity contribution in [3.8, 4) is 0 Å². The summed E-state index contributed by atoms with van der Waals surface area (Å²) in [6.07, 6.45) is 0. The largest absolute Gasteiger partial charge is 0.472 e. The maximum Gasteiger partial charge on any atom is 0.472 e. The quantitative estimate of drug-likeness (QED) is 0.110. The molecule has 0 radical (unpaired) electrons. The summed E-state index contributed by atoms with van der Waals surface area (Å²) in [6, 6.07) is 0. The molecular weight excluding hydrogens is 535 g/mol. The molecule has 0 unspecified atom stereocenters. The van der Waals surface area contributed by atoms with E-state index in [-0.39, 0.29) is 48.7 Å². The molecule has 0 spiro atoms. The molecular formula is C26H39O12P. The number of esters is 4. The van der Waals surface area contributed by atoms with Crippen molar-refractivity contribution in [1.29, 1.82) is 0 Å². The van der Waals surface area contributed by atoms with Gasteiger partial charge in [-0.1, -0.05) is 40.2 Å². The Bertz CT molecular complexity index is 904. The molecule has 0 atom stereocenters. The Balaban J connectivity index is 5.53. The third kappa shape index (κ3) is 14.6. The molecule has 0 aromatic rings. The van der Waals surface area contributed by atoms with Crippen molar-refractivity contribution in [2.24, 2.45) is 10.8 Å². The van der Waals surface area contributed by atoms with E-state index in [0.29, 0.717) is 0 Å². The fraction of sp³-hybridized carbons (Fsp3) is 0.538. The minimum atomic E-state index is -4.78. The van der Waals surface area contributed by atoms with Crippen LogP contribution in [0.4, 0.5) is 0 Å². The smallest absolute Gasteiger partial charge is 0.462 e. The van der Waals surface area contributed by atoms with E-state index >= 15 is 0 Å². The number of hydrogen-bond acceptors (Lipinski definition) is 11. The Labute approximate surface area is 229 Å².